The second-order valence-electron chi connectivity index (χ2n) is 6.73. The van der Waals surface area contributed by atoms with Crippen molar-refractivity contribution in [1.82, 2.24) is 10.8 Å². The third-order valence-electron chi connectivity index (χ3n) is 4.33. The second kappa shape index (κ2) is 9.91. The van der Waals surface area contributed by atoms with Gasteiger partial charge < -0.3 is 11.1 Å². The van der Waals surface area contributed by atoms with Crippen molar-refractivity contribution in [2.75, 3.05) is 0 Å². The topological polar surface area (TPSA) is 104 Å². The largest absolute Gasteiger partial charge is 0.338 e. The number of alkyl halides is 2. The van der Waals surface area contributed by atoms with Gasteiger partial charge in [-0.15, -0.1) is 0 Å². The van der Waals surface area contributed by atoms with E-state index in [1.165, 1.54) is 29.7 Å². The summed E-state index contributed by atoms with van der Waals surface area (Å²) in [5.74, 6) is 3.38. The summed E-state index contributed by atoms with van der Waals surface area (Å²) in [5, 5.41) is 10.9. The molecule has 2 aromatic rings. The quantitative estimate of drug-likeness (QED) is 0.327. The van der Waals surface area contributed by atoms with Crippen molar-refractivity contribution in [3.63, 3.8) is 0 Å². The van der Waals surface area contributed by atoms with E-state index in [1.54, 1.807) is 24.3 Å². The first-order valence-electron chi connectivity index (χ1n) is 8.80. The molecule has 0 heterocycles. The van der Waals surface area contributed by atoms with Gasteiger partial charge in [-0.2, -0.15) is 0 Å². The molecule has 2 aromatic carbocycles. The molecule has 0 saturated carbocycles. The predicted octanol–water partition coefficient (Wildman–Crippen LogP) is 2.01. The first-order chi connectivity index (χ1) is 14.1. The third-order valence-corrected chi connectivity index (χ3v) is 4.33. The number of halogens is 3. The molecule has 0 aromatic heterocycles. The first-order valence-corrected chi connectivity index (χ1v) is 8.80. The minimum atomic E-state index is -3.14. The van der Waals surface area contributed by atoms with Gasteiger partial charge in [0.1, 0.15) is 17.4 Å². The second-order valence-corrected chi connectivity index (χ2v) is 6.73. The number of hydroxylamine groups is 1. The van der Waals surface area contributed by atoms with Gasteiger partial charge in [0, 0.05) is 17.5 Å². The first kappa shape index (κ1) is 22.9. The van der Waals surface area contributed by atoms with Crippen LogP contribution in [0.1, 0.15) is 28.4 Å². The Morgan fingerprint density at radius 3 is 2.27 bits per heavy atom. The maximum absolute atomic E-state index is 13.2. The SMILES string of the molecule is CC(N)(C(F)F)C(NC(=O)c1ccc(C#CCc2ccc(F)cc2)cc1)C(=O)NO. The Morgan fingerprint density at radius 2 is 1.73 bits per heavy atom. The van der Waals surface area contributed by atoms with E-state index in [2.05, 4.69) is 17.2 Å². The number of nitrogens with two attached hydrogens (primary N) is 1. The van der Waals surface area contributed by atoms with Crippen molar-refractivity contribution < 1.29 is 28.0 Å². The highest BCUT2D eigenvalue weighted by Gasteiger charge is 2.44. The molecule has 9 heteroatoms. The zero-order chi connectivity index (χ0) is 22.3. The molecule has 2 unspecified atom stereocenters. The van der Waals surface area contributed by atoms with Crippen molar-refractivity contribution in [1.29, 1.82) is 0 Å². The number of hydrogen-bond donors (Lipinski definition) is 4. The van der Waals surface area contributed by atoms with Gasteiger partial charge in [0.05, 0.1) is 0 Å². The maximum Gasteiger partial charge on any atom is 0.268 e. The zero-order valence-corrected chi connectivity index (χ0v) is 16.0. The summed E-state index contributed by atoms with van der Waals surface area (Å²) in [7, 11) is 0. The summed E-state index contributed by atoms with van der Waals surface area (Å²) >= 11 is 0. The molecule has 0 radical (unpaired) electrons. The lowest BCUT2D eigenvalue weighted by molar-refractivity contribution is -0.134. The molecule has 0 fully saturated rings. The van der Waals surface area contributed by atoms with Gasteiger partial charge in [-0.1, -0.05) is 24.0 Å². The zero-order valence-electron chi connectivity index (χ0n) is 16.0. The Morgan fingerprint density at radius 1 is 1.13 bits per heavy atom. The Kier molecular flexibility index (Phi) is 7.58. The number of carbonyl (C=O) groups is 2. The molecule has 0 aliphatic rings. The summed E-state index contributed by atoms with van der Waals surface area (Å²) in [6.45, 7) is 0.887. The van der Waals surface area contributed by atoms with Crippen LogP contribution in [-0.4, -0.2) is 35.0 Å². The van der Waals surface area contributed by atoms with Crippen LogP contribution in [0.5, 0.6) is 0 Å². The van der Waals surface area contributed by atoms with Gasteiger partial charge in [-0.25, -0.2) is 18.7 Å². The summed E-state index contributed by atoms with van der Waals surface area (Å²) in [6, 6.07) is 9.96. The molecule has 2 rings (SSSR count). The van der Waals surface area contributed by atoms with E-state index in [0.717, 1.165) is 12.5 Å². The van der Waals surface area contributed by atoms with Crippen LogP contribution in [0.25, 0.3) is 0 Å². The van der Waals surface area contributed by atoms with Crippen LogP contribution in [0.4, 0.5) is 13.2 Å². The van der Waals surface area contributed by atoms with Gasteiger partial charge in [0.15, 0.2) is 0 Å². The Labute approximate surface area is 171 Å². The number of hydrogen-bond acceptors (Lipinski definition) is 4. The van der Waals surface area contributed by atoms with Crippen molar-refractivity contribution in [3.8, 4) is 11.8 Å². The summed E-state index contributed by atoms with van der Waals surface area (Å²) < 4.78 is 39.2. The maximum atomic E-state index is 13.2. The average molecular weight is 419 g/mol. The molecule has 0 bridgehead atoms. The Balaban J connectivity index is 2.07. The molecule has 30 heavy (non-hydrogen) atoms. The standard InChI is InChI=1S/C21H20F3N3O3/c1-21(25,20(23)24)17(19(29)27-30)26-18(28)15-9-5-13(6-10-15)3-2-4-14-7-11-16(22)12-8-14/h5-12,17,20,30H,4,25H2,1H3,(H,26,28)(H,27,29). The molecule has 5 N–H and O–H groups in total. The Hall–Kier alpha value is -3.35. The van der Waals surface area contributed by atoms with E-state index < -0.39 is 29.8 Å². The highest BCUT2D eigenvalue weighted by molar-refractivity contribution is 5.98. The van der Waals surface area contributed by atoms with E-state index in [4.69, 9.17) is 10.9 Å². The van der Waals surface area contributed by atoms with Crippen LogP contribution in [0.3, 0.4) is 0 Å². The molecule has 0 aliphatic heterocycles. The van der Waals surface area contributed by atoms with E-state index >= 15 is 0 Å². The molecule has 0 spiro atoms. The minimum Gasteiger partial charge on any atom is -0.338 e. The van der Waals surface area contributed by atoms with Crippen LogP contribution >= 0.6 is 0 Å². The van der Waals surface area contributed by atoms with Crippen LogP contribution in [0, 0.1) is 17.7 Å². The molecule has 0 aliphatic carbocycles. The highest BCUT2D eigenvalue weighted by atomic mass is 19.3. The highest BCUT2D eigenvalue weighted by Crippen LogP contribution is 2.18. The van der Waals surface area contributed by atoms with Gasteiger partial charge >= 0.3 is 0 Å². The fourth-order valence-electron chi connectivity index (χ4n) is 2.46. The number of nitrogens with one attached hydrogen (secondary N) is 2. The monoisotopic (exact) mass is 419 g/mol. The van der Waals surface area contributed by atoms with Crippen molar-refractivity contribution in [2.24, 2.45) is 5.73 Å². The lowest BCUT2D eigenvalue weighted by Crippen LogP contribution is -2.66. The normalized spacial score (nSPS) is 13.6. The van der Waals surface area contributed by atoms with Crippen molar-refractivity contribution in [3.05, 3.63) is 71.0 Å². The minimum absolute atomic E-state index is 0.0832. The predicted molar refractivity (Wildman–Crippen MR) is 103 cm³/mol. The van der Waals surface area contributed by atoms with Crippen LogP contribution in [0.2, 0.25) is 0 Å². The van der Waals surface area contributed by atoms with Crippen LogP contribution in [-0.2, 0) is 11.2 Å². The molecule has 0 saturated heterocycles. The smallest absolute Gasteiger partial charge is 0.268 e. The lowest BCUT2D eigenvalue weighted by Gasteiger charge is -2.32. The van der Waals surface area contributed by atoms with E-state index in [1.807, 2.05) is 0 Å². The molecule has 2 amide bonds. The Bertz CT molecular complexity index is 949. The van der Waals surface area contributed by atoms with E-state index in [-0.39, 0.29) is 11.4 Å². The summed E-state index contributed by atoms with van der Waals surface area (Å²) in [4.78, 5) is 24.1. The lowest BCUT2D eigenvalue weighted by atomic mass is 9.92. The van der Waals surface area contributed by atoms with Gasteiger partial charge in [0.2, 0.25) is 0 Å². The summed E-state index contributed by atoms with van der Waals surface area (Å²) in [6.07, 6.45) is -2.73. The number of carbonyl (C=O) groups excluding carboxylic acids is 2. The third kappa shape index (κ3) is 5.83. The van der Waals surface area contributed by atoms with Gasteiger partial charge in [0.25, 0.3) is 18.2 Å². The van der Waals surface area contributed by atoms with Crippen molar-refractivity contribution >= 4 is 11.8 Å². The average Bonchev–Trinajstić information content (AvgIpc) is 2.73. The number of rotatable bonds is 6. The molecule has 2 atom stereocenters. The molecule has 6 nitrogen and oxygen atoms in total. The van der Waals surface area contributed by atoms with Crippen molar-refractivity contribution in [2.45, 2.75) is 31.4 Å². The van der Waals surface area contributed by atoms with E-state index in [0.29, 0.717) is 12.0 Å². The molecular weight excluding hydrogens is 399 g/mol. The van der Waals surface area contributed by atoms with Gasteiger partial charge in [-0.3, -0.25) is 14.8 Å². The van der Waals surface area contributed by atoms with Gasteiger partial charge in [-0.05, 0) is 48.9 Å². The number of benzene rings is 2. The van der Waals surface area contributed by atoms with Crippen LogP contribution < -0.4 is 16.5 Å². The fourth-order valence-corrected chi connectivity index (χ4v) is 2.46. The van der Waals surface area contributed by atoms with E-state index in [9.17, 15) is 22.8 Å². The fraction of sp³-hybridized carbons (Fsp3) is 0.238. The van der Waals surface area contributed by atoms with Crippen LogP contribution in [0.15, 0.2) is 48.5 Å². The molecular formula is C21H20F3N3O3. The number of amides is 2. The summed E-state index contributed by atoms with van der Waals surface area (Å²) in [5.41, 5.74) is 5.80. The molecule has 158 valence electrons.